The summed E-state index contributed by atoms with van der Waals surface area (Å²) in [7, 11) is -3.44. The van der Waals surface area contributed by atoms with E-state index in [2.05, 4.69) is 5.32 Å². The lowest BCUT2D eigenvalue weighted by Gasteiger charge is -2.22. The van der Waals surface area contributed by atoms with Crippen molar-refractivity contribution in [1.29, 1.82) is 0 Å². The number of hydrogen-bond donors (Lipinski definition) is 1. The summed E-state index contributed by atoms with van der Waals surface area (Å²) >= 11 is 0. The molecule has 3 aromatic rings. The van der Waals surface area contributed by atoms with E-state index in [1.165, 1.54) is 36.5 Å². The zero-order valence-electron chi connectivity index (χ0n) is 20.9. The van der Waals surface area contributed by atoms with Crippen LogP contribution in [-0.4, -0.2) is 45.6 Å². The number of alkyl halides is 3. The lowest BCUT2D eigenvalue weighted by atomic mass is 10.2. The highest BCUT2D eigenvalue weighted by atomic mass is 32.2. The van der Waals surface area contributed by atoms with Crippen LogP contribution in [0.1, 0.15) is 23.8 Å². The predicted molar refractivity (Wildman–Crippen MR) is 130 cm³/mol. The van der Waals surface area contributed by atoms with Crippen LogP contribution in [0, 0.1) is 0 Å². The van der Waals surface area contributed by atoms with Gasteiger partial charge in [-0.05, 0) is 55.0 Å². The van der Waals surface area contributed by atoms with Gasteiger partial charge in [0.15, 0.2) is 11.5 Å². The molecule has 2 aromatic carbocycles. The van der Waals surface area contributed by atoms with Crippen molar-refractivity contribution in [3.05, 3.63) is 77.7 Å². The largest absolute Gasteiger partial charge is 0.493 e. The van der Waals surface area contributed by atoms with Crippen LogP contribution in [0.25, 0.3) is 0 Å². The fraction of sp³-hybridized carbons (Fsp3) is 0.280. The Hall–Kier alpha value is -4.20. The van der Waals surface area contributed by atoms with Gasteiger partial charge in [-0.1, -0.05) is 12.1 Å². The molecule has 10 nitrogen and oxygen atoms in total. The summed E-state index contributed by atoms with van der Waals surface area (Å²) in [5, 5.41) is 2.44. The Morgan fingerprint density at radius 3 is 2.44 bits per heavy atom. The average Bonchev–Trinajstić information content (AvgIpc) is 3.40. The third-order valence-electron chi connectivity index (χ3n) is 5.15. The van der Waals surface area contributed by atoms with Crippen molar-refractivity contribution < 1.29 is 49.3 Å². The van der Waals surface area contributed by atoms with Crippen LogP contribution in [0.3, 0.4) is 0 Å². The van der Waals surface area contributed by atoms with Gasteiger partial charge in [0.05, 0.1) is 32.1 Å². The second-order valence-electron chi connectivity index (χ2n) is 7.95. The van der Waals surface area contributed by atoms with Crippen molar-refractivity contribution in [1.82, 2.24) is 10.2 Å². The Bertz CT molecular complexity index is 1390. The van der Waals surface area contributed by atoms with E-state index < -0.39 is 38.8 Å². The molecule has 1 aromatic heterocycles. The van der Waals surface area contributed by atoms with Crippen LogP contribution < -0.4 is 14.2 Å². The Labute approximate surface area is 222 Å². The fourth-order valence-corrected chi connectivity index (χ4v) is 4.34. The van der Waals surface area contributed by atoms with Crippen molar-refractivity contribution in [2.75, 3.05) is 20.3 Å². The Kier molecular flexibility index (Phi) is 9.46. The summed E-state index contributed by atoms with van der Waals surface area (Å²) in [5.74, 6) is -0.530. The maximum absolute atomic E-state index is 13.1. The zero-order valence-corrected chi connectivity index (χ0v) is 21.7. The van der Waals surface area contributed by atoms with E-state index in [-0.39, 0.29) is 37.7 Å². The third-order valence-corrected chi connectivity index (χ3v) is 6.38. The lowest BCUT2D eigenvalue weighted by molar-refractivity contribution is -0.142. The first-order valence-corrected chi connectivity index (χ1v) is 12.8. The maximum atomic E-state index is 13.1. The minimum Gasteiger partial charge on any atom is -0.493 e. The molecule has 0 bridgehead atoms. The number of halogens is 3. The summed E-state index contributed by atoms with van der Waals surface area (Å²) in [6.45, 7) is 1.28. The van der Waals surface area contributed by atoms with Crippen LogP contribution in [0.5, 0.6) is 11.5 Å². The van der Waals surface area contributed by atoms with E-state index in [0.717, 1.165) is 18.2 Å². The Morgan fingerprint density at radius 2 is 1.79 bits per heavy atom. The van der Waals surface area contributed by atoms with Gasteiger partial charge in [0.25, 0.3) is 0 Å². The highest BCUT2D eigenvalue weighted by Gasteiger charge is 2.32. The normalized spacial score (nSPS) is 11.5. The predicted octanol–water partition coefficient (Wildman–Crippen LogP) is 4.35. The summed E-state index contributed by atoms with van der Waals surface area (Å²) < 4.78 is 85.3. The standard InChI is InChI=1S/C25H25F3N2O8S/c1-3-36-23(31)14-29-24(32)30(16-19-7-5-11-37-19)15-17-9-10-21(35-2)22(12-17)38-39(33,34)20-8-4-6-18(13-20)25(26,27)28/h4-13H,3,14-16H2,1-2H3,(H,29,32). The molecule has 0 spiro atoms. The smallest absolute Gasteiger partial charge is 0.416 e. The van der Waals surface area contributed by atoms with Crippen LogP contribution in [0.4, 0.5) is 18.0 Å². The summed E-state index contributed by atoms with van der Waals surface area (Å²) in [5.41, 5.74) is -0.779. The SMILES string of the molecule is CCOC(=O)CNC(=O)N(Cc1ccc(OC)c(OS(=O)(=O)c2cccc(C(F)(F)F)c2)c1)Cc1ccco1. The second-order valence-corrected chi connectivity index (χ2v) is 9.49. The third kappa shape index (κ3) is 8.14. The van der Waals surface area contributed by atoms with Crippen LogP contribution >= 0.6 is 0 Å². The molecule has 0 aliphatic carbocycles. The molecule has 3 rings (SSSR count). The number of benzene rings is 2. The van der Waals surface area contributed by atoms with Crippen LogP contribution in [-0.2, 0) is 38.9 Å². The Morgan fingerprint density at radius 1 is 1.03 bits per heavy atom. The van der Waals surface area contributed by atoms with Gasteiger partial charge in [-0.2, -0.15) is 21.6 Å². The van der Waals surface area contributed by atoms with Crippen LogP contribution in [0.15, 0.2) is 70.2 Å². The minimum atomic E-state index is -4.76. The number of carbonyl (C=O) groups excluding carboxylic acids is 2. The first-order chi connectivity index (χ1) is 18.4. The molecule has 0 radical (unpaired) electrons. The lowest BCUT2D eigenvalue weighted by Crippen LogP contribution is -2.41. The highest BCUT2D eigenvalue weighted by Crippen LogP contribution is 2.34. The van der Waals surface area contributed by atoms with Gasteiger partial charge < -0.3 is 28.3 Å². The molecule has 0 aliphatic heterocycles. The van der Waals surface area contributed by atoms with Gasteiger partial charge in [-0.25, -0.2) is 4.79 Å². The molecule has 39 heavy (non-hydrogen) atoms. The number of carbonyl (C=O) groups is 2. The number of amides is 2. The van der Waals surface area contributed by atoms with E-state index in [0.29, 0.717) is 17.4 Å². The molecule has 0 saturated heterocycles. The number of esters is 1. The van der Waals surface area contributed by atoms with E-state index in [9.17, 15) is 31.2 Å². The van der Waals surface area contributed by atoms with Crippen molar-refractivity contribution >= 4 is 22.1 Å². The molecule has 210 valence electrons. The summed E-state index contributed by atoms with van der Waals surface area (Å²) in [4.78, 5) is 25.1. The topological polar surface area (TPSA) is 124 Å². The second kappa shape index (κ2) is 12.6. The quantitative estimate of drug-likeness (QED) is 0.267. The summed E-state index contributed by atoms with van der Waals surface area (Å²) in [6, 6.07) is 9.94. The highest BCUT2D eigenvalue weighted by molar-refractivity contribution is 7.87. The fourth-order valence-electron chi connectivity index (χ4n) is 3.36. The van der Waals surface area contributed by atoms with Crippen molar-refractivity contribution in [2.45, 2.75) is 31.1 Å². The molecule has 1 N–H and O–H groups in total. The molecule has 0 atom stereocenters. The van der Waals surface area contributed by atoms with Crippen molar-refractivity contribution in [3.63, 3.8) is 0 Å². The number of ether oxygens (including phenoxy) is 2. The van der Waals surface area contributed by atoms with Gasteiger partial charge >= 0.3 is 28.3 Å². The monoisotopic (exact) mass is 570 g/mol. The number of urea groups is 1. The average molecular weight is 571 g/mol. The van der Waals surface area contributed by atoms with Gasteiger partial charge in [-0.15, -0.1) is 0 Å². The van der Waals surface area contributed by atoms with E-state index in [1.807, 2.05) is 0 Å². The van der Waals surface area contributed by atoms with Gasteiger partial charge in [-0.3, -0.25) is 4.79 Å². The van der Waals surface area contributed by atoms with E-state index in [1.54, 1.807) is 19.1 Å². The number of nitrogens with zero attached hydrogens (tertiary/aromatic N) is 1. The summed E-state index contributed by atoms with van der Waals surface area (Å²) in [6.07, 6.45) is -3.34. The molecule has 0 aliphatic rings. The maximum Gasteiger partial charge on any atom is 0.416 e. The van der Waals surface area contributed by atoms with Gasteiger partial charge in [0.2, 0.25) is 0 Å². The van der Waals surface area contributed by atoms with Gasteiger partial charge in [0.1, 0.15) is 17.2 Å². The van der Waals surface area contributed by atoms with Crippen molar-refractivity contribution in [2.24, 2.45) is 0 Å². The molecule has 0 saturated carbocycles. The number of rotatable bonds is 11. The van der Waals surface area contributed by atoms with Crippen LogP contribution in [0.2, 0.25) is 0 Å². The first-order valence-electron chi connectivity index (χ1n) is 11.4. The molecule has 0 unspecified atom stereocenters. The number of nitrogens with one attached hydrogen (secondary N) is 1. The van der Waals surface area contributed by atoms with Crippen molar-refractivity contribution in [3.8, 4) is 11.5 Å². The number of hydrogen-bond acceptors (Lipinski definition) is 8. The molecule has 1 heterocycles. The first kappa shape index (κ1) is 29.4. The van der Waals surface area contributed by atoms with E-state index >= 15 is 0 Å². The molecular formula is C25H25F3N2O8S. The van der Waals surface area contributed by atoms with Gasteiger partial charge in [0, 0.05) is 6.54 Å². The zero-order chi connectivity index (χ0) is 28.6. The number of methoxy groups -OCH3 is 1. The molecule has 2 amide bonds. The Balaban J connectivity index is 1.86. The number of furan rings is 1. The molecular weight excluding hydrogens is 545 g/mol. The minimum absolute atomic E-state index is 0.00753. The van der Waals surface area contributed by atoms with E-state index in [4.69, 9.17) is 18.1 Å². The molecule has 0 fully saturated rings. The molecule has 14 heteroatoms.